The predicted octanol–water partition coefficient (Wildman–Crippen LogP) is 0.510. The molecule has 1 N–H and O–H groups in total. The van der Waals surface area contributed by atoms with Crippen LogP contribution < -0.4 is 5.32 Å². The number of rotatable bonds is 5. The molecule has 23 heavy (non-hydrogen) atoms. The zero-order valence-electron chi connectivity index (χ0n) is 14.3. The Morgan fingerprint density at radius 2 is 1.91 bits per heavy atom. The van der Waals surface area contributed by atoms with Gasteiger partial charge in [0.2, 0.25) is 15.9 Å². The maximum Gasteiger partial charge on any atom is 0.224 e. The van der Waals surface area contributed by atoms with Gasteiger partial charge in [-0.2, -0.15) is 5.10 Å². The number of amides is 1. The van der Waals surface area contributed by atoms with Crippen LogP contribution in [-0.2, 0) is 28.3 Å². The first-order chi connectivity index (χ1) is 10.7. The van der Waals surface area contributed by atoms with Crippen LogP contribution in [0, 0.1) is 13.8 Å². The third-order valence-corrected chi connectivity index (χ3v) is 6.45. The van der Waals surface area contributed by atoms with E-state index in [2.05, 4.69) is 10.4 Å². The summed E-state index contributed by atoms with van der Waals surface area (Å²) in [5.74, 6) is 0.102. The molecule has 0 radical (unpaired) electrons. The van der Waals surface area contributed by atoms with Crippen molar-refractivity contribution in [1.82, 2.24) is 19.4 Å². The molecule has 0 unspecified atom stereocenters. The second-order valence-electron chi connectivity index (χ2n) is 6.09. The van der Waals surface area contributed by atoms with Crippen molar-refractivity contribution in [2.24, 2.45) is 7.05 Å². The third-order valence-electron chi connectivity index (χ3n) is 4.57. The van der Waals surface area contributed by atoms with E-state index in [-0.39, 0.29) is 17.7 Å². The molecule has 2 heterocycles. The number of aromatic nitrogens is 2. The Bertz CT molecular complexity index is 673. The van der Waals surface area contributed by atoms with Crippen molar-refractivity contribution in [1.29, 1.82) is 0 Å². The molecule has 1 aromatic rings. The Hall–Kier alpha value is -1.41. The van der Waals surface area contributed by atoms with Gasteiger partial charge in [-0.3, -0.25) is 9.48 Å². The van der Waals surface area contributed by atoms with Crippen LogP contribution in [-0.4, -0.2) is 53.3 Å². The van der Waals surface area contributed by atoms with E-state index in [1.54, 1.807) is 11.6 Å². The fourth-order valence-electron chi connectivity index (χ4n) is 2.97. The van der Waals surface area contributed by atoms with Gasteiger partial charge in [-0.05, 0) is 33.6 Å². The van der Waals surface area contributed by atoms with Gasteiger partial charge < -0.3 is 5.32 Å². The molecule has 130 valence electrons. The summed E-state index contributed by atoms with van der Waals surface area (Å²) in [7, 11) is -1.25. The van der Waals surface area contributed by atoms with Crippen molar-refractivity contribution in [3.63, 3.8) is 0 Å². The maximum atomic E-state index is 12.2. The first kappa shape index (κ1) is 17.9. The van der Waals surface area contributed by atoms with Crippen LogP contribution in [0.2, 0.25) is 0 Å². The SMILES string of the molecule is CCS(=O)(=O)N1CCC(NC(=O)Cc2c(C)nn(C)c2C)CC1. The van der Waals surface area contributed by atoms with Gasteiger partial charge in [-0.25, -0.2) is 12.7 Å². The standard InChI is InChI=1S/C15H26N4O3S/c1-5-23(21,22)19-8-6-13(7-9-19)16-15(20)10-14-11(2)17-18(4)12(14)3/h13H,5-10H2,1-4H3,(H,16,20). The highest BCUT2D eigenvalue weighted by Gasteiger charge is 2.27. The van der Waals surface area contributed by atoms with Crippen molar-refractivity contribution in [3.05, 3.63) is 17.0 Å². The van der Waals surface area contributed by atoms with Crippen LogP contribution in [0.4, 0.5) is 0 Å². The molecule has 0 aliphatic carbocycles. The monoisotopic (exact) mass is 342 g/mol. The van der Waals surface area contributed by atoms with Crippen molar-refractivity contribution < 1.29 is 13.2 Å². The molecular weight excluding hydrogens is 316 g/mol. The topological polar surface area (TPSA) is 84.3 Å². The smallest absolute Gasteiger partial charge is 0.224 e. The third kappa shape index (κ3) is 4.11. The second kappa shape index (κ2) is 7.00. The lowest BCUT2D eigenvalue weighted by Gasteiger charge is -2.31. The summed E-state index contributed by atoms with van der Waals surface area (Å²) in [4.78, 5) is 12.2. The van der Waals surface area contributed by atoms with Crippen LogP contribution in [0.25, 0.3) is 0 Å². The summed E-state index contributed by atoms with van der Waals surface area (Å²) in [6, 6.07) is 0.0445. The van der Waals surface area contributed by atoms with Gasteiger partial charge >= 0.3 is 0 Å². The molecule has 0 saturated carbocycles. The number of nitrogens with one attached hydrogen (secondary N) is 1. The Kier molecular flexibility index (Phi) is 5.46. The van der Waals surface area contributed by atoms with Crippen molar-refractivity contribution in [2.75, 3.05) is 18.8 Å². The van der Waals surface area contributed by atoms with Crippen molar-refractivity contribution in [2.45, 2.75) is 46.1 Å². The Morgan fingerprint density at radius 3 is 2.39 bits per heavy atom. The average Bonchev–Trinajstić information content (AvgIpc) is 2.74. The fourth-order valence-corrected chi connectivity index (χ4v) is 4.11. The number of nitrogens with zero attached hydrogens (tertiary/aromatic N) is 3. The molecule has 0 spiro atoms. The number of hydrogen-bond donors (Lipinski definition) is 1. The van der Waals surface area contributed by atoms with Gasteiger partial charge in [0, 0.05) is 37.4 Å². The highest BCUT2D eigenvalue weighted by Crippen LogP contribution is 2.16. The highest BCUT2D eigenvalue weighted by molar-refractivity contribution is 7.89. The first-order valence-electron chi connectivity index (χ1n) is 8.00. The molecule has 8 heteroatoms. The van der Waals surface area contributed by atoms with Gasteiger partial charge in [0.05, 0.1) is 17.9 Å². The Morgan fingerprint density at radius 1 is 1.30 bits per heavy atom. The van der Waals surface area contributed by atoms with Crippen LogP contribution in [0.3, 0.4) is 0 Å². The zero-order valence-corrected chi connectivity index (χ0v) is 15.1. The second-order valence-corrected chi connectivity index (χ2v) is 8.35. The van der Waals surface area contributed by atoms with Crippen LogP contribution in [0.5, 0.6) is 0 Å². The highest BCUT2D eigenvalue weighted by atomic mass is 32.2. The van der Waals surface area contributed by atoms with E-state index in [9.17, 15) is 13.2 Å². The molecule has 2 rings (SSSR count). The minimum atomic E-state index is -3.12. The summed E-state index contributed by atoms with van der Waals surface area (Å²) in [6.45, 7) is 6.47. The molecule has 1 saturated heterocycles. The lowest BCUT2D eigenvalue weighted by Crippen LogP contribution is -2.47. The van der Waals surface area contributed by atoms with Crippen LogP contribution in [0.1, 0.15) is 36.7 Å². The first-order valence-corrected chi connectivity index (χ1v) is 9.61. The van der Waals surface area contributed by atoms with Crippen molar-refractivity contribution in [3.8, 4) is 0 Å². The summed E-state index contributed by atoms with van der Waals surface area (Å²) in [5, 5.41) is 7.34. The number of carbonyl (C=O) groups is 1. The molecule has 1 aliphatic rings. The van der Waals surface area contributed by atoms with E-state index in [4.69, 9.17) is 0 Å². The number of sulfonamides is 1. The lowest BCUT2D eigenvalue weighted by molar-refractivity contribution is -0.121. The van der Waals surface area contributed by atoms with Gasteiger partial charge in [0.25, 0.3) is 0 Å². The molecule has 0 atom stereocenters. The molecule has 7 nitrogen and oxygen atoms in total. The fraction of sp³-hybridized carbons (Fsp3) is 0.733. The van der Waals surface area contributed by atoms with E-state index < -0.39 is 10.0 Å². The van der Waals surface area contributed by atoms with Crippen LogP contribution in [0.15, 0.2) is 0 Å². The van der Waals surface area contributed by atoms with Gasteiger partial charge in [0.1, 0.15) is 0 Å². The van der Waals surface area contributed by atoms with Gasteiger partial charge in [-0.15, -0.1) is 0 Å². The van der Waals surface area contributed by atoms with E-state index >= 15 is 0 Å². The van der Waals surface area contributed by atoms with Gasteiger partial charge in [-0.1, -0.05) is 0 Å². The quantitative estimate of drug-likeness (QED) is 0.845. The molecule has 0 aromatic carbocycles. The zero-order chi connectivity index (χ0) is 17.2. The lowest BCUT2D eigenvalue weighted by atomic mass is 10.1. The molecule has 1 fully saturated rings. The van der Waals surface area contributed by atoms with E-state index in [1.807, 2.05) is 20.9 Å². The summed E-state index contributed by atoms with van der Waals surface area (Å²) in [6.07, 6.45) is 1.64. The average molecular weight is 342 g/mol. The molecular formula is C15H26N4O3S. The summed E-state index contributed by atoms with van der Waals surface area (Å²) in [5.41, 5.74) is 2.85. The van der Waals surface area contributed by atoms with Gasteiger partial charge in [0.15, 0.2) is 0 Å². The Labute approximate surface area is 138 Å². The number of carbonyl (C=O) groups excluding carboxylic acids is 1. The number of piperidine rings is 1. The van der Waals surface area contributed by atoms with Crippen LogP contribution >= 0.6 is 0 Å². The molecule has 1 aliphatic heterocycles. The summed E-state index contributed by atoms with van der Waals surface area (Å²) < 4.78 is 27.0. The minimum absolute atomic E-state index is 0.0269. The molecule has 1 amide bonds. The summed E-state index contributed by atoms with van der Waals surface area (Å²) >= 11 is 0. The predicted molar refractivity (Wildman–Crippen MR) is 88.6 cm³/mol. The molecule has 0 bridgehead atoms. The number of aryl methyl sites for hydroxylation is 2. The Balaban J connectivity index is 1.88. The number of hydrogen-bond acceptors (Lipinski definition) is 4. The van der Waals surface area contributed by atoms with E-state index in [1.165, 1.54) is 4.31 Å². The van der Waals surface area contributed by atoms with E-state index in [0.717, 1.165) is 17.0 Å². The minimum Gasteiger partial charge on any atom is -0.353 e. The van der Waals surface area contributed by atoms with Crippen molar-refractivity contribution >= 4 is 15.9 Å². The van der Waals surface area contributed by atoms with E-state index in [0.29, 0.717) is 32.4 Å². The normalized spacial score (nSPS) is 17.4. The maximum absolute atomic E-state index is 12.2. The largest absolute Gasteiger partial charge is 0.353 e. The molecule has 1 aromatic heterocycles.